The van der Waals surface area contributed by atoms with E-state index in [1.54, 1.807) is 31.4 Å². The highest BCUT2D eigenvalue weighted by Gasteiger charge is 2.20. The zero-order valence-corrected chi connectivity index (χ0v) is 14.0. The summed E-state index contributed by atoms with van der Waals surface area (Å²) < 4.78 is 21.6. The van der Waals surface area contributed by atoms with Gasteiger partial charge in [-0.2, -0.15) is 0 Å². The second-order valence-corrected chi connectivity index (χ2v) is 5.57. The van der Waals surface area contributed by atoms with Gasteiger partial charge >= 0.3 is 0 Å². The van der Waals surface area contributed by atoms with Crippen LogP contribution in [0.3, 0.4) is 0 Å². The van der Waals surface area contributed by atoms with Gasteiger partial charge in [-0.05, 0) is 24.3 Å². The molecular weight excluding hydrogens is 336 g/mol. The Morgan fingerprint density at radius 1 is 1.12 bits per heavy atom. The molecule has 0 fully saturated rings. The molecule has 0 radical (unpaired) electrons. The van der Waals surface area contributed by atoms with Gasteiger partial charge < -0.3 is 23.9 Å². The predicted molar refractivity (Wildman–Crippen MR) is 93.9 cm³/mol. The average molecular weight is 352 g/mol. The Bertz CT molecular complexity index is 951. The fourth-order valence-corrected chi connectivity index (χ4v) is 2.69. The lowest BCUT2D eigenvalue weighted by molar-refractivity contribution is 0.102. The number of hydrogen-bond donors (Lipinski definition) is 1. The number of methoxy groups -OCH3 is 1. The van der Waals surface area contributed by atoms with Crippen LogP contribution in [0.1, 0.15) is 10.5 Å². The van der Waals surface area contributed by atoms with Crippen LogP contribution >= 0.6 is 0 Å². The summed E-state index contributed by atoms with van der Waals surface area (Å²) in [5.41, 5.74) is 1.47. The Hall–Kier alpha value is -3.48. The molecule has 7 heteroatoms. The number of benzene rings is 2. The number of carbonyl (C=O) groups is 1. The lowest BCUT2D eigenvalue weighted by atomic mass is 10.1. The van der Waals surface area contributed by atoms with E-state index in [9.17, 15) is 4.79 Å². The van der Waals surface area contributed by atoms with Crippen LogP contribution in [0.15, 0.2) is 53.3 Å². The van der Waals surface area contributed by atoms with Crippen LogP contribution in [-0.4, -0.2) is 31.2 Å². The number of nitrogens with zero attached hydrogens (tertiary/aromatic N) is 1. The van der Waals surface area contributed by atoms with E-state index >= 15 is 0 Å². The molecule has 0 saturated heterocycles. The van der Waals surface area contributed by atoms with Crippen molar-refractivity contribution in [3.63, 3.8) is 0 Å². The molecule has 4 rings (SSSR count). The molecule has 0 aliphatic carbocycles. The zero-order valence-electron chi connectivity index (χ0n) is 14.0. The molecule has 26 heavy (non-hydrogen) atoms. The van der Waals surface area contributed by atoms with Gasteiger partial charge in [0.1, 0.15) is 19.0 Å². The number of nitrogens with one attached hydrogen (secondary N) is 1. The topological polar surface area (TPSA) is 82.8 Å². The van der Waals surface area contributed by atoms with Crippen molar-refractivity contribution in [2.75, 3.05) is 25.6 Å². The normalized spacial score (nSPS) is 12.5. The standard InChI is InChI=1S/C19H16N2O5/c1-23-14-4-2-3-12(9-14)18-17(20-11-26-18)19(22)21-13-5-6-15-16(10-13)25-8-7-24-15/h2-6,9-11H,7-8H2,1H3,(H,21,22). The Balaban J connectivity index is 1.59. The highest BCUT2D eigenvalue weighted by Crippen LogP contribution is 2.33. The first-order chi connectivity index (χ1) is 12.7. The molecule has 1 amide bonds. The maximum absolute atomic E-state index is 12.7. The van der Waals surface area contributed by atoms with Crippen LogP contribution in [0.4, 0.5) is 5.69 Å². The molecule has 1 aliphatic rings. The van der Waals surface area contributed by atoms with Crippen LogP contribution in [0.5, 0.6) is 17.2 Å². The van der Waals surface area contributed by atoms with Gasteiger partial charge in [-0.3, -0.25) is 4.79 Å². The van der Waals surface area contributed by atoms with Gasteiger partial charge in [0, 0.05) is 17.3 Å². The number of amides is 1. The number of oxazole rings is 1. The first kappa shape index (κ1) is 16.0. The van der Waals surface area contributed by atoms with Crippen molar-refractivity contribution in [1.29, 1.82) is 0 Å². The van der Waals surface area contributed by atoms with Crippen molar-refractivity contribution < 1.29 is 23.4 Å². The van der Waals surface area contributed by atoms with E-state index in [0.29, 0.717) is 47.5 Å². The molecule has 3 aromatic rings. The Morgan fingerprint density at radius 3 is 2.81 bits per heavy atom. The molecule has 1 aromatic heterocycles. The second kappa shape index (κ2) is 6.79. The van der Waals surface area contributed by atoms with Crippen LogP contribution in [0, 0.1) is 0 Å². The molecule has 2 aromatic carbocycles. The van der Waals surface area contributed by atoms with Gasteiger partial charge in [0.05, 0.1) is 7.11 Å². The van der Waals surface area contributed by atoms with Crippen LogP contribution in [-0.2, 0) is 0 Å². The number of aromatic nitrogens is 1. The van der Waals surface area contributed by atoms with E-state index in [4.69, 9.17) is 18.6 Å². The Morgan fingerprint density at radius 2 is 1.96 bits per heavy atom. The Labute approximate surface area is 149 Å². The molecule has 0 saturated carbocycles. The van der Waals surface area contributed by atoms with Gasteiger partial charge in [0.2, 0.25) is 0 Å². The minimum atomic E-state index is -0.381. The molecule has 1 N–H and O–H groups in total. The van der Waals surface area contributed by atoms with Crippen molar-refractivity contribution >= 4 is 11.6 Å². The molecule has 0 atom stereocenters. The van der Waals surface area contributed by atoms with Gasteiger partial charge in [-0.25, -0.2) is 4.98 Å². The fourth-order valence-electron chi connectivity index (χ4n) is 2.69. The first-order valence-electron chi connectivity index (χ1n) is 8.03. The van der Waals surface area contributed by atoms with Crippen molar-refractivity contribution in [3.8, 4) is 28.6 Å². The van der Waals surface area contributed by atoms with E-state index in [1.807, 2.05) is 18.2 Å². The van der Waals surface area contributed by atoms with Gasteiger partial charge in [-0.1, -0.05) is 12.1 Å². The molecule has 1 aliphatic heterocycles. The van der Waals surface area contributed by atoms with E-state index in [2.05, 4.69) is 10.3 Å². The monoisotopic (exact) mass is 352 g/mol. The highest BCUT2D eigenvalue weighted by atomic mass is 16.6. The largest absolute Gasteiger partial charge is 0.497 e. The van der Waals surface area contributed by atoms with E-state index in [-0.39, 0.29) is 11.6 Å². The third kappa shape index (κ3) is 3.06. The van der Waals surface area contributed by atoms with Gasteiger partial charge in [0.25, 0.3) is 5.91 Å². The molecule has 132 valence electrons. The molecule has 7 nitrogen and oxygen atoms in total. The highest BCUT2D eigenvalue weighted by molar-refractivity contribution is 6.06. The number of anilines is 1. The average Bonchev–Trinajstić information content (AvgIpc) is 3.18. The smallest absolute Gasteiger partial charge is 0.278 e. The molecule has 0 spiro atoms. The van der Waals surface area contributed by atoms with E-state index in [1.165, 1.54) is 6.39 Å². The van der Waals surface area contributed by atoms with Gasteiger partial charge in [0.15, 0.2) is 29.3 Å². The summed E-state index contributed by atoms with van der Waals surface area (Å²) in [7, 11) is 1.58. The number of fused-ring (bicyclic) bond motifs is 1. The number of rotatable bonds is 4. The summed E-state index contributed by atoms with van der Waals surface area (Å²) in [6, 6.07) is 12.5. The van der Waals surface area contributed by atoms with Crippen LogP contribution in [0.2, 0.25) is 0 Å². The third-order valence-corrected chi connectivity index (χ3v) is 3.91. The summed E-state index contributed by atoms with van der Waals surface area (Å²) in [4.78, 5) is 16.7. The summed E-state index contributed by atoms with van der Waals surface area (Å²) in [5.74, 6) is 1.92. The van der Waals surface area contributed by atoms with Crippen molar-refractivity contribution in [3.05, 3.63) is 54.6 Å². The van der Waals surface area contributed by atoms with E-state index < -0.39 is 0 Å². The van der Waals surface area contributed by atoms with E-state index in [0.717, 1.165) is 0 Å². The molecular formula is C19H16N2O5. The summed E-state index contributed by atoms with van der Waals surface area (Å²) in [5, 5.41) is 2.80. The first-order valence-corrected chi connectivity index (χ1v) is 8.03. The number of hydrogen-bond acceptors (Lipinski definition) is 6. The maximum Gasteiger partial charge on any atom is 0.278 e. The molecule has 0 bridgehead atoms. The number of ether oxygens (including phenoxy) is 3. The quantitative estimate of drug-likeness (QED) is 0.775. The SMILES string of the molecule is COc1cccc(-c2ocnc2C(=O)Nc2ccc3c(c2)OCCO3)c1. The maximum atomic E-state index is 12.7. The summed E-state index contributed by atoms with van der Waals surface area (Å²) >= 11 is 0. The lowest BCUT2D eigenvalue weighted by Gasteiger charge is -2.18. The minimum absolute atomic E-state index is 0.188. The zero-order chi connectivity index (χ0) is 17.9. The van der Waals surface area contributed by atoms with Crippen molar-refractivity contribution in [1.82, 2.24) is 4.98 Å². The summed E-state index contributed by atoms with van der Waals surface area (Å²) in [6.45, 7) is 0.995. The molecule has 0 unspecified atom stereocenters. The Kier molecular flexibility index (Phi) is 4.18. The predicted octanol–water partition coefficient (Wildman–Crippen LogP) is 3.37. The van der Waals surface area contributed by atoms with Crippen LogP contribution in [0.25, 0.3) is 11.3 Å². The van der Waals surface area contributed by atoms with Crippen LogP contribution < -0.4 is 19.5 Å². The number of carbonyl (C=O) groups excluding carboxylic acids is 1. The molecule has 2 heterocycles. The lowest BCUT2D eigenvalue weighted by Crippen LogP contribution is -2.17. The minimum Gasteiger partial charge on any atom is -0.497 e. The van der Waals surface area contributed by atoms with Crippen molar-refractivity contribution in [2.24, 2.45) is 0 Å². The second-order valence-electron chi connectivity index (χ2n) is 5.57. The fraction of sp³-hybridized carbons (Fsp3) is 0.158. The van der Waals surface area contributed by atoms with Crippen molar-refractivity contribution in [2.45, 2.75) is 0 Å². The third-order valence-electron chi connectivity index (χ3n) is 3.91. The van der Waals surface area contributed by atoms with Gasteiger partial charge in [-0.15, -0.1) is 0 Å². The summed E-state index contributed by atoms with van der Waals surface area (Å²) in [6.07, 6.45) is 1.24.